The molecule has 2 bridgehead atoms. The number of hydrogen-bond donors (Lipinski definition) is 1. The van der Waals surface area contributed by atoms with Gasteiger partial charge in [0.15, 0.2) is 0 Å². The van der Waals surface area contributed by atoms with Gasteiger partial charge in [0.1, 0.15) is 12.4 Å². The molecule has 1 N–H and O–H groups in total. The summed E-state index contributed by atoms with van der Waals surface area (Å²) < 4.78 is 6.03. The van der Waals surface area contributed by atoms with Crippen molar-refractivity contribution in [2.45, 2.75) is 32.1 Å². The Morgan fingerprint density at radius 1 is 0.882 bits per heavy atom. The van der Waals surface area contributed by atoms with E-state index in [1.807, 2.05) is 52.3 Å². The summed E-state index contributed by atoms with van der Waals surface area (Å²) in [5, 5.41) is 2.84. The summed E-state index contributed by atoms with van der Waals surface area (Å²) in [5.41, 5.74) is 0.686. The molecule has 7 nitrogen and oxygen atoms in total. The predicted molar refractivity (Wildman–Crippen MR) is 130 cm³/mol. The standard InChI is InChI=1S/C27H33N3O4/c1-28-26(33)27-13-7-8-16-29(24(31)21-9-3-2-4-10-21)19-20-34-23-12-6-5-11-22(23)25(32)30(17-14-27)18-15-27/h2-6,9-12H,7-8,13-20H2,1H3,(H,28,33). The van der Waals surface area contributed by atoms with Gasteiger partial charge in [-0.2, -0.15) is 0 Å². The smallest absolute Gasteiger partial charge is 0.257 e. The second kappa shape index (κ2) is 10.7. The van der Waals surface area contributed by atoms with Crippen molar-refractivity contribution >= 4 is 17.7 Å². The fraction of sp³-hybridized carbons (Fsp3) is 0.444. The normalized spacial score (nSPS) is 18.8. The van der Waals surface area contributed by atoms with Gasteiger partial charge in [0.25, 0.3) is 11.8 Å². The van der Waals surface area contributed by atoms with Crippen molar-refractivity contribution in [1.29, 1.82) is 0 Å². The van der Waals surface area contributed by atoms with Gasteiger partial charge in [0.2, 0.25) is 5.91 Å². The molecule has 1 saturated heterocycles. The Labute approximate surface area is 201 Å². The number of benzene rings is 2. The van der Waals surface area contributed by atoms with E-state index in [-0.39, 0.29) is 17.7 Å². The van der Waals surface area contributed by atoms with Gasteiger partial charge >= 0.3 is 0 Å². The molecule has 0 aliphatic carbocycles. The quantitative estimate of drug-likeness (QED) is 0.741. The van der Waals surface area contributed by atoms with Crippen molar-refractivity contribution in [2.75, 3.05) is 39.8 Å². The maximum absolute atomic E-state index is 13.3. The number of amides is 3. The maximum Gasteiger partial charge on any atom is 0.257 e. The number of fused-ring (bicyclic) bond motifs is 9. The second-order valence-corrected chi connectivity index (χ2v) is 9.11. The third-order valence-corrected chi connectivity index (χ3v) is 7.09. The van der Waals surface area contributed by atoms with E-state index in [1.165, 1.54) is 0 Å². The van der Waals surface area contributed by atoms with Gasteiger partial charge in [-0.15, -0.1) is 0 Å². The first-order valence-electron chi connectivity index (χ1n) is 12.1. The zero-order valence-electron chi connectivity index (χ0n) is 19.8. The highest BCUT2D eigenvalue weighted by molar-refractivity contribution is 5.97. The molecule has 3 aliphatic rings. The zero-order valence-corrected chi connectivity index (χ0v) is 19.8. The van der Waals surface area contributed by atoms with Crippen LogP contribution < -0.4 is 10.1 Å². The molecule has 3 amide bonds. The van der Waals surface area contributed by atoms with E-state index in [4.69, 9.17) is 4.74 Å². The minimum atomic E-state index is -0.476. The molecule has 3 aliphatic heterocycles. The molecule has 0 radical (unpaired) electrons. The van der Waals surface area contributed by atoms with E-state index in [9.17, 15) is 14.4 Å². The molecule has 3 heterocycles. The topological polar surface area (TPSA) is 79.0 Å². The largest absolute Gasteiger partial charge is 0.491 e. The van der Waals surface area contributed by atoms with Crippen LogP contribution in [0, 0.1) is 5.41 Å². The average molecular weight is 464 g/mol. The van der Waals surface area contributed by atoms with Gasteiger partial charge in [0, 0.05) is 32.2 Å². The number of para-hydroxylation sites is 1. The van der Waals surface area contributed by atoms with Crippen LogP contribution in [0.1, 0.15) is 52.8 Å². The summed E-state index contributed by atoms with van der Waals surface area (Å²) in [6, 6.07) is 16.5. The lowest BCUT2D eigenvalue weighted by molar-refractivity contribution is -0.133. The summed E-state index contributed by atoms with van der Waals surface area (Å²) in [5.74, 6) is 0.460. The van der Waals surface area contributed by atoms with Crippen LogP contribution in [-0.2, 0) is 4.79 Å². The average Bonchev–Trinajstić information content (AvgIpc) is 2.90. The van der Waals surface area contributed by atoms with Crippen molar-refractivity contribution in [3.8, 4) is 5.75 Å². The van der Waals surface area contributed by atoms with Gasteiger partial charge in [-0.1, -0.05) is 36.8 Å². The van der Waals surface area contributed by atoms with E-state index in [0.717, 1.165) is 19.3 Å². The SMILES string of the molecule is CNC(=O)C12CCCCN(C(=O)c3ccccc3)CCOc3ccccc3C(=O)N(CC1)CC2. The van der Waals surface area contributed by atoms with Crippen molar-refractivity contribution in [1.82, 2.24) is 15.1 Å². The van der Waals surface area contributed by atoms with Crippen LogP contribution in [0.5, 0.6) is 5.75 Å². The van der Waals surface area contributed by atoms with E-state index < -0.39 is 5.41 Å². The molecule has 0 saturated carbocycles. The van der Waals surface area contributed by atoms with Crippen molar-refractivity contribution < 1.29 is 19.1 Å². The molecule has 0 spiro atoms. The van der Waals surface area contributed by atoms with Gasteiger partial charge in [-0.3, -0.25) is 14.4 Å². The Hall–Kier alpha value is -3.35. The maximum atomic E-state index is 13.3. The van der Waals surface area contributed by atoms with Crippen LogP contribution in [0.2, 0.25) is 0 Å². The fourth-order valence-electron chi connectivity index (χ4n) is 5.04. The van der Waals surface area contributed by atoms with Gasteiger partial charge in [-0.05, 0) is 49.9 Å². The third-order valence-electron chi connectivity index (χ3n) is 7.09. The second-order valence-electron chi connectivity index (χ2n) is 9.11. The molecule has 0 atom stereocenters. The first kappa shape index (κ1) is 23.8. The molecule has 2 aromatic rings. The van der Waals surface area contributed by atoms with Crippen LogP contribution in [0.25, 0.3) is 0 Å². The number of ether oxygens (including phenoxy) is 1. The Morgan fingerprint density at radius 3 is 2.32 bits per heavy atom. The monoisotopic (exact) mass is 463 g/mol. The fourth-order valence-corrected chi connectivity index (χ4v) is 5.04. The van der Waals surface area contributed by atoms with Gasteiger partial charge < -0.3 is 19.9 Å². The Balaban J connectivity index is 1.60. The van der Waals surface area contributed by atoms with Crippen LogP contribution in [0.4, 0.5) is 0 Å². The molecule has 5 rings (SSSR count). The highest BCUT2D eigenvalue weighted by Gasteiger charge is 2.41. The number of carbonyl (C=O) groups excluding carboxylic acids is 3. The predicted octanol–water partition coefficient (Wildman–Crippen LogP) is 3.36. The van der Waals surface area contributed by atoms with Crippen molar-refractivity contribution in [2.24, 2.45) is 5.41 Å². The van der Waals surface area contributed by atoms with Gasteiger partial charge in [-0.25, -0.2) is 0 Å². The number of nitrogens with one attached hydrogen (secondary N) is 1. The molecule has 34 heavy (non-hydrogen) atoms. The summed E-state index contributed by atoms with van der Waals surface area (Å²) in [4.78, 5) is 43.0. The summed E-state index contributed by atoms with van der Waals surface area (Å²) in [6.07, 6.45) is 3.65. The van der Waals surface area contributed by atoms with Crippen LogP contribution in [-0.4, -0.2) is 67.4 Å². The molecular formula is C27H33N3O4. The minimum Gasteiger partial charge on any atom is -0.491 e. The van der Waals surface area contributed by atoms with E-state index in [0.29, 0.717) is 62.5 Å². The van der Waals surface area contributed by atoms with Crippen molar-refractivity contribution in [3.05, 3.63) is 65.7 Å². The zero-order chi connectivity index (χ0) is 24.0. The minimum absolute atomic E-state index is 0.0362. The molecule has 180 valence electrons. The molecule has 7 heteroatoms. The van der Waals surface area contributed by atoms with E-state index in [2.05, 4.69) is 5.32 Å². The van der Waals surface area contributed by atoms with Crippen LogP contribution in [0.3, 0.4) is 0 Å². The molecular weight excluding hydrogens is 430 g/mol. The summed E-state index contributed by atoms with van der Waals surface area (Å²) in [7, 11) is 1.68. The number of carbonyl (C=O) groups is 3. The Bertz CT molecular complexity index is 1020. The summed E-state index contributed by atoms with van der Waals surface area (Å²) in [6.45, 7) is 2.39. The summed E-state index contributed by atoms with van der Waals surface area (Å²) >= 11 is 0. The van der Waals surface area contributed by atoms with Crippen molar-refractivity contribution in [3.63, 3.8) is 0 Å². The first-order chi connectivity index (χ1) is 16.5. The lowest BCUT2D eigenvalue weighted by Crippen LogP contribution is -2.49. The van der Waals surface area contributed by atoms with Gasteiger partial charge in [0.05, 0.1) is 17.5 Å². The van der Waals surface area contributed by atoms with Crippen LogP contribution in [0.15, 0.2) is 54.6 Å². The Morgan fingerprint density at radius 2 is 1.59 bits per heavy atom. The van der Waals surface area contributed by atoms with E-state index >= 15 is 0 Å². The number of rotatable bonds is 2. The Kier molecular flexibility index (Phi) is 7.50. The number of piperidine rings is 1. The van der Waals surface area contributed by atoms with E-state index in [1.54, 1.807) is 19.2 Å². The molecule has 0 unspecified atom stereocenters. The molecule has 0 aromatic heterocycles. The highest BCUT2D eigenvalue weighted by atomic mass is 16.5. The lowest BCUT2D eigenvalue weighted by atomic mass is 9.73. The molecule has 1 fully saturated rings. The number of nitrogens with zero attached hydrogens (tertiary/aromatic N) is 2. The molecule has 2 aromatic carbocycles. The third kappa shape index (κ3) is 5.08. The number of hydrogen-bond acceptors (Lipinski definition) is 4. The highest BCUT2D eigenvalue weighted by Crippen LogP contribution is 2.38. The van der Waals surface area contributed by atoms with Crippen LogP contribution >= 0.6 is 0 Å². The first-order valence-corrected chi connectivity index (χ1v) is 12.1. The lowest BCUT2D eigenvalue weighted by Gasteiger charge is -2.40.